The Hall–Kier alpha value is 0.490. The van der Waals surface area contributed by atoms with Crippen molar-refractivity contribution in [2.45, 2.75) is 10.2 Å². The highest BCUT2D eigenvalue weighted by Gasteiger charge is 2.08. The minimum absolute atomic E-state index is 0.918. The molecule has 0 nitrogen and oxygen atoms in total. The fourth-order valence-corrected chi connectivity index (χ4v) is 4.67. The molecule has 0 aliphatic heterocycles. The molecule has 0 saturated heterocycles. The zero-order valence-corrected chi connectivity index (χ0v) is 12.3. The van der Waals surface area contributed by atoms with Crippen molar-refractivity contribution in [3.63, 3.8) is 0 Å². The van der Waals surface area contributed by atoms with Gasteiger partial charge in [0.05, 0.1) is 0 Å². The van der Waals surface area contributed by atoms with Crippen LogP contribution in [0.1, 0.15) is 4.88 Å². The average Bonchev–Trinajstić information content (AvgIpc) is 2.55. The number of thiophene rings is 1. The molecular formula is C10H8Br2S2. The highest BCUT2D eigenvalue weighted by Crippen LogP contribution is 2.38. The van der Waals surface area contributed by atoms with Crippen molar-refractivity contribution in [2.24, 2.45) is 0 Å². The highest BCUT2D eigenvalue weighted by atomic mass is 79.9. The van der Waals surface area contributed by atoms with E-state index in [1.165, 1.54) is 24.3 Å². The molecule has 0 N–H and O–H groups in total. The first-order valence-electron chi connectivity index (χ1n) is 4.07. The molecule has 0 unspecified atom stereocenters. The number of fused-ring (bicyclic) bond motifs is 1. The molecule has 14 heavy (non-hydrogen) atoms. The predicted octanol–water partition coefficient (Wildman–Crippen LogP) is 5.28. The fraction of sp³-hybridized carbons (Fsp3) is 0.200. The van der Waals surface area contributed by atoms with Gasteiger partial charge in [-0.15, -0.1) is 23.1 Å². The number of hydrogen-bond acceptors (Lipinski definition) is 2. The number of rotatable bonds is 2. The van der Waals surface area contributed by atoms with Crippen molar-refractivity contribution in [1.29, 1.82) is 0 Å². The summed E-state index contributed by atoms with van der Waals surface area (Å²) < 4.78 is 2.60. The number of thioether (sulfide) groups is 1. The average molecular weight is 352 g/mol. The van der Waals surface area contributed by atoms with Crippen LogP contribution in [0.3, 0.4) is 0 Å². The Bertz CT molecular complexity index is 462. The summed E-state index contributed by atoms with van der Waals surface area (Å²) >= 11 is 10.8. The van der Waals surface area contributed by atoms with Crippen molar-refractivity contribution in [1.82, 2.24) is 0 Å². The summed E-state index contributed by atoms with van der Waals surface area (Å²) in [5, 5.41) is 2.24. The Morgan fingerprint density at radius 1 is 1.43 bits per heavy atom. The minimum Gasteiger partial charge on any atom is -0.138 e. The van der Waals surface area contributed by atoms with Gasteiger partial charge >= 0.3 is 0 Å². The first kappa shape index (κ1) is 11.0. The molecule has 2 rings (SSSR count). The van der Waals surface area contributed by atoms with Gasteiger partial charge in [-0.1, -0.05) is 22.0 Å². The fourth-order valence-electron chi connectivity index (χ4n) is 1.31. The van der Waals surface area contributed by atoms with E-state index in [0.29, 0.717) is 0 Å². The molecule has 0 saturated carbocycles. The van der Waals surface area contributed by atoms with E-state index in [0.717, 1.165) is 5.33 Å². The molecule has 74 valence electrons. The smallest absolute Gasteiger partial charge is 0.0401 e. The lowest BCUT2D eigenvalue weighted by molar-refractivity contribution is 1.52. The first-order valence-corrected chi connectivity index (χ1v) is 8.02. The Labute approximate surface area is 108 Å². The monoisotopic (exact) mass is 350 g/mol. The Morgan fingerprint density at radius 2 is 2.21 bits per heavy atom. The van der Waals surface area contributed by atoms with Crippen LogP contribution >= 0.6 is 55.0 Å². The molecule has 0 aliphatic carbocycles. The SMILES string of the molecule is CSc1ccc2c(Br)c(CBr)sc2c1. The van der Waals surface area contributed by atoms with Gasteiger partial charge in [0.15, 0.2) is 0 Å². The van der Waals surface area contributed by atoms with Gasteiger partial charge in [-0.25, -0.2) is 0 Å². The van der Waals surface area contributed by atoms with E-state index in [-0.39, 0.29) is 0 Å². The van der Waals surface area contributed by atoms with Crippen molar-refractivity contribution < 1.29 is 0 Å². The van der Waals surface area contributed by atoms with Gasteiger partial charge in [-0.2, -0.15) is 0 Å². The summed E-state index contributed by atoms with van der Waals surface area (Å²) in [6.45, 7) is 0. The largest absolute Gasteiger partial charge is 0.138 e. The van der Waals surface area contributed by atoms with Crippen LogP contribution in [0.15, 0.2) is 27.6 Å². The standard InChI is InChI=1S/C10H8Br2S2/c1-13-6-2-3-7-8(4-6)14-9(5-11)10(7)12/h2-4H,5H2,1H3. The maximum Gasteiger partial charge on any atom is 0.0401 e. The third kappa shape index (κ3) is 1.90. The molecule has 0 aliphatic rings. The van der Waals surface area contributed by atoms with E-state index in [2.05, 4.69) is 56.3 Å². The topological polar surface area (TPSA) is 0 Å². The highest BCUT2D eigenvalue weighted by molar-refractivity contribution is 9.11. The molecule has 0 radical (unpaired) electrons. The van der Waals surface area contributed by atoms with Crippen molar-refractivity contribution >= 4 is 65.0 Å². The van der Waals surface area contributed by atoms with E-state index in [4.69, 9.17) is 0 Å². The van der Waals surface area contributed by atoms with Gasteiger partial charge in [0, 0.05) is 29.7 Å². The minimum atomic E-state index is 0.918. The van der Waals surface area contributed by atoms with Crippen LogP contribution in [-0.4, -0.2) is 6.26 Å². The van der Waals surface area contributed by atoms with Crippen LogP contribution in [0.25, 0.3) is 10.1 Å². The van der Waals surface area contributed by atoms with E-state index in [1.54, 1.807) is 11.8 Å². The van der Waals surface area contributed by atoms with Gasteiger partial charge in [0.1, 0.15) is 0 Å². The van der Waals surface area contributed by atoms with Crippen LogP contribution in [0.5, 0.6) is 0 Å². The van der Waals surface area contributed by atoms with E-state index in [9.17, 15) is 0 Å². The molecule has 0 fully saturated rings. The van der Waals surface area contributed by atoms with Gasteiger partial charge in [-0.3, -0.25) is 0 Å². The number of halogens is 2. The maximum atomic E-state index is 3.63. The van der Waals surface area contributed by atoms with E-state index >= 15 is 0 Å². The van der Waals surface area contributed by atoms with Crippen LogP contribution in [0.2, 0.25) is 0 Å². The lowest BCUT2D eigenvalue weighted by atomic mass is 10.2. The summed E-state index contributed by atoms with van der Waals surface area (Å²) in [5.74, 6) is 0. The van der Waals surface area contributed by atoms with Crippen molar-refractivity contribution in [3.05, 3.63) is 27.5 Å². The molecule has 0 amide bonds. The summed E-state index contributed by atoms with van der Waals surface area (Å²) in [6, 6.07) is 6.61. The van der Waals surface area contributed by atoms with Gasteiger partial charge in [0.2, 0.25) is 0 Å². The second-order valence-electron chi connectivity index (χ2n) is 2.83. The quantitative estimate of drug-likeness (QED) is 0.523. The third-order valence-corrected chi connectivity index (χ3v) is 6.00. The molecule has 1 aromatic heterocycles. The van der Waals surface area contributed by atoms with Crippen molar-refractivity contribution in [3.8, 4) is 0 Å². The second-order valence-corrected chi connectivity index (χ2v) is 6.21. The Balaban J connectivity index is 2.66. The lowest BCUT2D eigenvalue weighted by Gasteiger charge is -1.95. The third-order valence-electron chi connectivity index (χ3n) is 2.02. The number of hydrogen-bond donors (Lipinski definition) is 0. The van der Waals surface area contributed by atoms with Crippen LogP contribution in [-0.2, 0) is 5.33 Å². The zero-order valence-electron chi connectivity index (χ0n) is 7.51. The first-order chi connectivity index (χ1) is 6.76. The molecule has 4 heteroatoms. The van der Waals surface area contributed by atoms with Crippen LogP contribution in [0.4, 0.5) is 0 Å². The van der Waals surface area contributed by atoms with Gasteiger partial charge in [0.25, 0.3) is 0 Å². The van der Waals surface area contributed by atoms with Crippen molar-refractivity contribution in [2.75, 3.05) is 6.26 Å². The Kier molecular flexibility index (Phi) is 3.58. The van der Waals surface area contributed by atoms with Crippen LogP contribution in [0, 0.1) is 0 Å². The zero-order chi connectivity index (χ0) is 10.1. The molecule has 1 heterocycles. The van der Waals surface area contributed by atoms with Gasteiger partial charge in [-0.05, 0) is 34.3 Å². The number of alkyl halides is 1. The van der Waals surface area contributed by atoms with E-state index < -0.39 is 0 Å². The lowest BCUT2D eigenvalue weighted by Crippen LogP contribution is -1.69. The molecule has 2 aromatic rings. The normalized spacial score (nSPS) is 11.1. The second kappa shape index (κ2) is 4.56. The van der Waals surface area contributed by atoms with Crippen LogP contribution < -0.4 is 0 Å². The number of benzene rings is 1. The Morgan fingerprint density at radius 3 is 2.86 bits per heavy atom. The molecule has 1 aromatic carbocycles. The van der Waals surface area contributed by atoms with E-state index in [1.807, 2.05) is 11.3 Å². The molecule has 0 atom stereocenters. The molecular weight excluding hydrogens is 344 g/mol. The predicted molar refractivity (Wildman–Crippen MR) is 73.9 cm³/mol. The van der Waals surface area contributed by atoms with Gasteiger partial charge < -0.3 is 0 Å². The maximum absolute atomic E-state index is 3.63. The summed E-state index contributed by atoms with van der Waals surface area (Å²) in [4.78, 5) is 2.69. The molecule has 0 bridgehead atoms. The summed E-state index contributed by atoms with van der Waals surface area (Å²) in [6.07, 6.45) is 2.11. The molecule has 0 spiro atoms. The summed E-state index contributed by atoms with van der Waals surface area (Å²) in [5.41, 5.74) is 0. The summed E-state index contributed by atoms with van der Waals surface area (Å²) in [7, 11) is 0.